The first-order chi connectivity index (χ1) is 10.0. The highest BCUT2D eigenvalue weighted by molar-refractivity contribution is 6.30. The van der Waals surface area contributed by atoms with E-state index in [0.29, 0.717) is 23.0 Å². The molecular formula is C16H14ClNO3. The van der Waals surface area contributed by atoms with Crippen LogP contribution in [-0.4, -0.2) is 17.1 Å². The van der Waals surface area contributed by atoms with Gasteiger partial charge in [-0.05, 0) is 36.8 Å². The lowest BCUT2D eigenvalue weighted by atomic mass is 10.1. The summed E-state index contributed by atoms with van der Waals surface area (Å²) >= 11 is 5.88. The Morgan fingerprint density at radius 3 is 2.67 bits per heavy atom. The Bertz CT molecular complexity index is 684. The highest BCUT2D eigenvalue weighted by atomic mass is 35.5. The van der Waals surface area contributed by atoms with Gasteiger partial charge in [0.2, 0.25) is 0 Å². The molecule has 4 nitrogen and oxygen atoms in total. The zero-order valence-electron chi connectivity index (χ0n) is 11.4. The molecule has 0 bridgehead atoms. The number of halogens is 1. The molecule has 0 saturated heterocycles. The fourth-order valence-corrected chi connectivity index (χ4v) is 2.46. The number of phenols is 1. The fraction of sp³-hybridized carbons (Fsp3) is 0.188. The van der Waals surface area contributed by atoms with E-state index in [2.05, 4.69) is 0 Å². The minimum Gasteiger partial charge on any atom is -0.508 e. The zero-order valence-corrected chi connectivity index (χ0v) is 12.2. The van der Waals surface area contributed by atoms with E-state index in [1.165, 1.54) is 6.07 Å². The lowest BCUT2D eigenvalue weighted by molar-refractivity contribution is -0.125. The summed E-state index contributed by atoms with van der Waals surface area (Å²) in [6, 6.07) is 12.1. The average Bonchev–Trinajstić information content (AvgIpc) is 2.46. The Kier molecular flexibility index (Phi) is 3.47. The number of phenolic OH excluding ortho intramolecular Hbond substituents is 1. The van der Waals surface area contributed by atoms with Crippen LogP contribution in [0.5, 0.6) is 11.5 Å². The van der Waals surface area contributed by atoms with Crippen molar-refractivity contribution in [1.82, 2.24) is 0 Å². The Hall–Kier alpha value is -2.20. The number of carbonyl (C=O) groups excluding carboxylic acids is 1. The molecule has 1 unspecified atom stereocenters. The van der Waals surface area contributed by atoms with Gasteiger partial charge in [0, 0.05) is 11.1 Å². The Morgan fingerprint density at radius 2 is 1.95 bits per heavy atom. The first-order valence-electron chi connectivity index (χ1n) is 6.60. The molecule has 0 aromatic heterocycles. The van der Waals surface area contributed by atoms with Crippen molar-refractivity contribution in [2.24, 2.45) is 0 Å². The minimum absolute atomic E-state index is 0.108. The topological polar surface area (TPSA) is 49.8 Å². The summed E-state index contributed by atoms with van der Waals surface area (Å²) in [6.45, 7) is 2.13. The second kappa shape index (κ2) is 5.30. The maximum absolute atomic E-state index is 12.4. The van der Waals surface area contributed by atoms with Crippen LogP contribution in [0.1, 0.15) is 12.5 Å². The van der Waals surface area contributed by atoms with Crippen LogP contribution < -0.4 is 9.64 Å². The SMILES string of the molecule is CC1Oc2cc(O)ccc2N(Cc2ccc(Cl)cc2)C1=O. The Morgan fingerprint density at radius 1 is 1.24 bits per heavy atom. The van der Waals surface area contributed by atoms with Gasteiger partial charge in [-0.25, -0.2) is 0 Å². The van der Waals surface area contributed by atoms with Gasteiger partial charge in [-0.1, -0.05) is 23.7 Å². The number of fused-ring (bicyclic) bond motifs is 1. The van der Waals surface area contributed by atoms with Gasteiger partial charge in [-0.3, -0.25) is 4.79 Å². The molecule has 1 N–H and O–H groups in total. The van der Waals surface area contributed by atoms with E-state index in [0.717, 1.165) is 5.56 Å². The van der Waals surface area contributed by atoms with Crippen LogP contribution in [0, 0.1) is 0 Å². The summed E-state index contributed by atoms with van der Waals surface area (Å²) in [7, 11) is 0. The lowest BCUT2D eigenvalue weighted by Gasteiger charge is -2.33. The molecule has 0 fully saturated rings. The van der Waals surface area contributed by atoms with E-state index in [1.54, 1.807) is 36.1 Å². The summed E-state index contributed by atoms with van der Waals surface area (Å²) in [4.78, 5) is 14.0. The molecule has 0 spiro atoms. The third kappa shape index (κ3) is 2.67. The molecule has 1 aliphatic heterocycles. The molecular weight excluding hydrogens is 290 g/mol. The summed E-state index contributed by atoms with van der Waals surface area (Å²) in [5, 5.41) is 10.2. The van der Waals surface area contributed by atoms with Crippen LogP contribution in [0.3, 0.4) is 0 Å². The van der Waals surface area contributed by atoms with Gasteiger partial charge in [0.1, 0.15) is 11.5 Å². The summed E-state index contributed by atoms with van der Waals surface area (Å²) in [5.74, 6) is 0.515. The molecule has 1 atom stereocenters. The van der Waals surface area contributed by atoms with Gasteiger partial charge in [0.05, 0.1) is 12.2 Å². The van der Waals surface area contributed by atoms with Gasteiger partial charge in [0.25, 0.3) is 5.91 Å². The number of anilines is 1. The molecule has 1 heterocycles. The number of aromatic hydroxyl groups is 1. The highest BCUT2D eigenvalue weighted by Crippen LogP contribution is 2.37. The smallest absolute Gasteiger partial charge is 0.268 e. The highest BCUT2D eigenvalue weighted by Gasteiger charge is 2.31. The monoisotopic (exact) mass is 303 g/mol. The molecule has 0 saturated carbocycles. The van der Waals surface area contributed by atoms with E-state index < -0.39 is 6.10 Å². The molecule has 1 aliphatic rings. The third-order valence-corrected chi connectivity index (χ3v) is 3.66. The minimum atomic E-state index is -0.577. The maximum atomic E-state index is 12.4. The van der Waals surface area contributed by atoms with Crippen LogP contribution in [0.15, 0.2) is 42.5 Å². The van der Waals surface area contributed by atoms with Crippen molar-refractivity contribution >= 4 is 23.2 Å². The van der Waals surface area contributed by atoms with Crippen molar-refractivity contribution in [2.75, 3.05) is 4.90 Å². The van der Waals surface area contributed by atoms with E-state index in [-0.39, 0.29) is 11.7 Å². The third-order valence-electron chi connectivity index (χ3n) is 3.41. The lowest BCUT2D eigenvalue weighted by Crippen LogP contribution is -2.43. The number of nitrogens with zero attached hydrogens (tertiary/aromatic N) is 1. The zero-order chi connectivity index (χ0) is 15.0. The molecule has 108 valence electrons. The Balaban J connectivity index is 1.96. The van der Waals surface area contributed by atoms with Gasteiger partial charge < -0.3 is 14.7 Å². The first-order valence-corrected chi connectivity index (χ1v) is 6.98. The Labute approximate surface area is 127 Å². The van der Waals surface area contributed by atoms with E-state index in [9.17, 15) is 9.90 Å². The summed E-state index contributed by atoms with van der Waals surface area (Å²) in [6.07, 6.45) is -0.577. The van der Waals surface area contributed by atoms with E-state index in [1.807, 2.05) is 12.1 Å². The van der Waals surface area contributed by atoms with Gasteiger partial charge in [-0.2, -0.15) is 0 Å². The molecule has 0 radical (unpaired) electrons. The second-order valence-electron chi connectivity index (χ2n) is 4.96. The van der Waals surface area contributed by atoms with Crippen LogP contribution in [0.4, 0.5) is 5.69 Å². The van der Waals surface area contributed by atoms with Crippen molar-refractivity contribution < 1.29 is 14.6 Å². The van der Waals surface area contributed by atoms with Gasteiger partial charge in [-0.15, -0.1) is 0 Å². The molecule has 5 heteroatoms. The van der Waals surface area contributed by atoms with E-state index >= 15 is 0 Å². The largest absolute Gasteiger partial charge is 0.508 e. The van der Waals surface area contributed by atoms with Crippen LogP contribution in [0.25, 0.3) is 0 Å². The predicted octanol–water partition coefficient (Wildman–Crippen LogP) is 3.36. The van der Waals surface area contributed by atoms with Gasteiger partial charge >= 0.3 is 0 Å². The van der Waals surface area contributed by atoms with Crippen molar-refractivity contribution in [3.63, 3.8) is 0 Å². The second-order valence-corrected chi connectivity index (χ2v) is 5.40. The molecule has 2 aromatic carbocycles. The number of amides is 1. The number of hydrogen-bond acceptors (Lipinski definition) is 3. The van der Waals surface area contributed by atoms with E-state index in [4.69, 9.17) is 16.3 Å². The summed E-state index contributed by atoms with van der Waals surface area (Å²) in [5.41, 5.74) is 1.63. The number of hydrogen-bond donors (Lipinski definition) is 1. The van der Waals surface area contributed by atoms with Crippen molar-refractivity contribution in [2.45, 2.75) is 19.6 Å². The molecule has 1 amide bonds. The standard InChI is InChI=1S/C16H14ClNO3/c1-10-16(20)18(9-11-2-4-12(17)5-3-11)14-7-6-13(19)8-15(14)21-10/h2-8,10,19H,9H2,1H3. The number of rotatable bonds is 2. The molecule has 3 rings (SSSR count). The van der Waals surface area contributed by atoms with Crippen LogP contribution in [0.2, 0.25) is 5.02 Å². The van der Waals surface area contributed by atoms with Gasteiger partial charge in [0.15, 0.2) is 6.10 Å². The summed E-state index contributed by atoms with van der Waals surface area (Å²) < 4.78 is 5.54. The van der Waals surface area contributed by atoms with Crippen molar-refractivity contribution in [1.29, 1.82) is 0 Å². The van der Waals surface area contributed by atoms with Crippen LogP contribution >= 0.6 is 11.6 Å². The first kappa shape index (κ1) is 13.8. The van der Waals surface area contributed by atoms with Crippen molar-refractivity contribution in [3.05, 3.63) is 53.1 Å². The van der Waals surface area contributed by atoms with Crippen LogP contribution in [-0.2, 0) is 11.3 Å². The molecule has 21 heavy (non-hydrogen) atoms. The molecule has 0 aliphatic carbocycles. The number of benzene rings is 2. The molecule has 2 aromatic rings. The predicted molar refractivity (Wildman–Crippen MR) is 80.8 cm³/mol. The normalized spacial score (nSPS) is 17.3. The maximum Gasteiger partial charge on any atom is 0.268 e. The van der Waals surface area contributed by atoms with Crippen molar-refractivity contribution in [3.8, 4) is 11.5 Å². The quantitative estimate of drug-likeness (QED) is 0.925. The average molecular weight is 304 g/mol. The number of carbonyl (C=O) groups is 1. The fourth-order valence-electron chi connectivity index (χ4n) is 2.33. The number of ether oxygens (including phenoxy) is 1.